The van der Waals surface area contributed by atoms with Gasteiger partial charge in [-0.15, -0.1) is 0 Å². The Morgan fingerprint density at radius 2 is 1.55 bits per heavy atom. The second-order valence-corrected chi connectivity index (χ2v) is 2.31. The number of rotatable bonds is 0. The summed E-state index contributed by atoms with van der Waals surface area (Å²) in [4.78, 5) is 0. The normalized spacial score (nSPS) is 42.5. The van der Waals surface area contributed by atoms with Crippen LogP contribution in [0.25, 0.3) is 0 Å². The van der Waals surface area contributed by atoms with Crippen LogP contribution in [-0.2, 0) is 0 Å². The summed E-state index contributed by atoms with van der Waals surface area (Å²) < 4.78 is 60.9. The van der Waals surface area contributed by atoms with Gasteiger partial charge < -0.3 is 0 Å². The highest BCUT2D eigenvalue weighted by atomic mass is 19.3. The maximum absolute atomic E-state index is 12.2. The second-order valence-electron chi connectivity index (χ2n) is 2.31. The molecular weight excluding hydrogens is 167 g/mol. The lowest BCUT2D eigenvalue weighted by Crippen LogP contribution is -2.46. The molecule has 0 aromatic rings. The minimum atomic E-state index is -4.23. The molecule has 0 aliphatic heterocycles. The third kappa shape index (κ3) is 1.23. The molecule has 0 heterocycles. The summed E-state index contributed by atoms with van der Waals surface area (Å²) in [6.07, 6.45) is -7.39. The van der Waals surface area contributed by atoms with Crippen molar-refractivity contribution in [2.24, 2.45) is 0 Å². The smallest absolute Gasteiger partial charge is 0.239 e. The Bertz CT molecular complexity index is 176. The Morgan fingerprint density at radius 3 is 2.00 bits per heavy atom. The zero-order valence-corrected chi connectivity index (χ0v) is 5.28. The van der Waals surface area contributed by atoms with Gasteiger partial charge in [0.15, 0.2) is 12.3 Å². The van der Waals surface area contributed by atoms with E-state index in [1.807, 2.05) is 0 Å². The maximum Gasteiger partial charge on any atom is 0.315 e. The van der Waals surface area contributed by atoms with E-state index in [1.165, 1.54) is 0 Å². The molecule has 0 fully saturated rings. The number of allylic oxidation sites excluding steroid dienone is 2. The van der Waals surface area contributed by atoms with Crippen LogP contribution in [-0.4, -0.2) is 24.4 Å². The summed E-state index contributed by atoms with van der Waals surface area (Å²) >= 11 is 0. The number of halogens is 5. The fourth-order valence-corrected chi connectivity index (χ4v) is 0.794. The Labute approximate surface area is 59.7 Å². The largest absolute Gasteiger partial charge is 0.315 e. The fourth-order valence-electron chi connectivity index (χ4n) is 0.794. The summed E-state index contributed by atoms with van der Waals surface area (Å²) in [6.45, 7) is 0. The summed E-state index contributed by atoms with van der Waals surface area (Å²) in [5.41, 5.74) is 0. The molecule has 0 saturated carbocycles. The van der Waals surface area contributed by atoms with Crippen molar-refractivity contribution in [1.29, 1.82) is 0 Å². The zero-order valence-electron chi connectivity index (χ0n) is 5.28. The summed E-state index contributed by atoms with van der Waals surface area (Å²) in [5, 5.41) is 0. The number of hydrogen-bond donors (Lipinski definition) is 0. The van der Waals surface area contributed by atoms with Gasteiger partial charge in [-0.3, -0.25) is 0 Å². The van der Waals surface area contributed by atoms with Crippen LogP contribution in [0, 0.1) is 0 Å². The minimum Gasteiger partial charge on any atom is -0.239 e. The van der Waals surface area contributed by atoms with E-state index < -0.39 is 24.4 Å². The lowest BCUT2D eigenvalue weighted by Gasteiger charge is -2.26. The highest BCUT2D eigenvalue weighted by molar-refractivity contribution is 5.11. The van der Waals surface area contributed by atoms with Gasteiger partial charge >= 0.3 is 5.92 Å². The zero-order chi connectivity index (χ0) is 8.65. The lowest BCUT2D eigenvalue weighted by atomic mass is 9.98. The fraction of sp³-hybridized carbons (Fsp3) is 0.667. The maximum atomic E-state index is 12.2. The first kappa shape index (κ1) is 8.49. The molecule has 0 aromatic carbocycles. The molecule has 0 saturated heterocycles. The molecule has 64 valence electrons. The molecule has 0 N–H and O–H groups in total. The molecule has 0 radical (unpaired) electrons. The molecule has 0 aromatic heterocycles. The van der Waals surface area contributed by atoms with Crippen molar-refractivity contribution >= 4 is 0 Å². The van der Waals surface area contributed by atoms with E-state index in [0.29, 0.717) is 12.2 Å². The molecule has 5 heteroatoms. The number of hydrogen-bond acceptors (Lipinski definition) is 0. The van der Waals surface area contributed by atoms with E-state index in [0.717, 1.165) is 0 Å². The topological polar surface area (TPSA) is 0 Å². The Hall–Kier alpha value is -0.610. The van der Waals surface area contributed by atoms with Gasteiger partial charge in [0.1, 0.15) is 0 Å². The predicted molar refractivity (Wildman–Crippen MR) is 28.8 cm³/mol. The minimum absolute atomic E-state index is 0.334. The van der Waals surface area contributed by atoms with Crippen molar-refractivity contribution in [2.45, 2.75) is 24.4 Å². The van der Waals surface area contributed by atoms with Crippen LogP contribution in [0.15, 0.2) is 12.2 Å². The Balaban J connectivity index is 2.88. The van der Waals surface area contributed by atoms with Crippen molar-refractivity contribution < 1.29 is 22.0 Å². The summed E-state index contributed by atoms with van der Waals surface area (Å²) in [7, 11) is 0. The first-order valence-electron chi connectivity index (χ1n) is 2.94. The van der Waals surface area contributed by atoms with E-state index in [-0.39, 0.29) is 0 Å². The van der Waals surface area contributed by atoms with Crippen LogP contribution in [0.3, 0.4) is 0 Å². The molecule has 0 spiro atoms. The van der Waals surface area contributed by atoms with Gasteiger partial charge in [-0.1, -0.05) is 0 Å². The molecule has 0 bridgehead atoms. The van der Waals surface area contributed by atoms with Crippen LogP contribution in [0.2, 0.25) is 0 Å². The molecule has 0 nitrogen and oxygen atoms in total. The molecule has 11 heavy (non-hydrogen) atoms. The highest BCUT2D eigenvalue weighted by Gasteiger charge is 2.53. The van der Waals surface area contributed by atoms with E-state index in [9.17, 15) is 22.0 Å². The van der Waals surface area contributed by atoms with Crippen LogP contribution >= 0.6 is 0 Å². The average molecular weight is 172 g/mol. The summed E-state index contributed by atoms with van der Waals surface area (Å²) in [5.74, 6) is -4.23. The Morgan fingerprint density at radius 1 is 1.00 bits per heavy atom. The van der Waals surface area contributed by atoms with Crippen molar-refractivity contribution in [1.82, 2.24) is 0 Å². The molecule has 3 unspecified atom stereocenters. The standard InChI is InChI=1S/C6H5F5/c7-3-1-2-4(8)6(10,11)5(3)9/h1-5H. The van der Waals surface area contributed by atoms with Gasteiger partial charge in [0.25, 0.3) is 0 Å². The van der Waals surface area contributed by atoms with E-state index in [4.69, 9.17) is 0 Å². The molecule has 1 aliphatic carbocycles. The van der Waals surface area contributed by atoms with Gasteiger partial charge in [-0.05, 0) is 12.2 Å². The van der Waals surface area contributed by atoms with E-state index >= 15 is 0 Å². The molecule has 0 amide bonds. The SMILES string of the molecule is FC1C=CC(F)C(F)(F)C1F. The third-order valence-corrected chi connectivity index (χ3v) is 1.48. The molecule has 1 rings (SSSR count). The van der Waals surface area contributed by atoms with Crippen molar-refractivity contribution in [2.75, 3.05) is 0 Å². The van der Waals surface area contributed by atoms with Crippen molar-refractivity contribution in [3.63, 3.8) is 0 Å². The quantitative estimate of drug-likeness (QED) is 0.388. The van der Waals surface area contributed by atoms with Crippen molar-refractivity contribution in [3.05, 3.63) is 12.2 Å². The number of alkyl halides is 5. The lowest BCUT2D eigenvalue weighted by molar-refractivity contribution is -0.133. The van der Waals surface area contributed by atoms with Crippen molar-refractivity contribution in [3.8, 4) is 0 Å². The van der Waals surface area contributed by atoms with Crippen LogP contribution in [0.5, 0.6) is 0 Å². The first-order valence-corrected chi connectivity index (χ1v) is 2.94. The summed E-state index contributed by atoms with van der Waals surface area (Å²) in [6, 6.07) is 0. The second kappa shape index (κ2) is 2.46. The Kier molecular flexibility index (Phi) is 1.90. The first-order chi connectivity index (χ1) is 4.96. The molecular formula is C6H5F5. The molecule has 1 aliphatic rings. The van der Waals surface area contributed by atoms with E-state index in [1.54, 1.807) is 0 Å². The average Bonchev–Trinajstić information content (AvgIpc) is 1.95. The van der Waals surface area contributed by atoms with Gasteiger partial charge in [-0.25, -0.2) is 13.2 Å². The van der Waals surface area contributed by atoms with Crippen LogP contribution < -0.4 is 0 Å². The third-order valence-electron chi connectivity index (χ3n) is 1.48. The molecule has 3 atom stereocenters. The predicted octanol–water partition coefficient (Wildman–Crippen LogP) is 2.21. The van der Waals surface area contributed by atoms with Gasteiger partial charge in [-0.2, -0.15) is 8.78 Å². The monoisotopic (exact) mass is 172 g/mol. The highest BCUT2D eigenvalue weighted by Crippen LogP contribution is 2.35. The van der Waals surface area contributed by atoms with Gasteiger partial charge in [0.2, 0.25) is 6.17 Å². The van der Waals surface area contributed by atoms with Crippen LogP contribution in [0.1, 0.15) is 0 Å². The van der Waals surface area contributed by atoms with E-state index in [2.05, 4.69) is 0 Å². The van der Waals surface area contributed by atoms with Gasteiger partial charge in [0.05, 0.1) is 0 Å². The van der Waals surface area contributed by atoms with Crippen LogP contribution in [0.4, 0.5) is 22.0 Å². The van der Waals surface area contributed by atoms with Gasteiger partial charge in [0, 0.05) is 0 Å².